The van der Waals surface area contributed by atoms with E-state index in [-0.39, 0.29) is 17.3 Å². The molecule has 0 heterocycles. The fourth-order valence-corrected chi connectivity index (χ4v) is 1.75. The van der Waals surface area contributed by atoms with Crippen molar-refractivity contribution in [2.45, 2.75) is 38.1 Å². The van der Waals surface area contributed by atoms with Gasteiger partial charge in [-0.1, -0.05) is 0 Å². The second kappa shape index (κ2) is 5.86. The lowest BCUT2D eigenvalue weighted by atomic mass is 10.1. The number of hydrogen-bond donors (Lipinski definition) is 2. The molecule has 2 rings (SSSR count). The minimum absolute atomic E-state index is 0.116. The fraction of sp³-hybridized carbons (Fsp3) is 0.429. The number of ether oxygens (including phenoxy) is 1. The van der Waals surface area contributed by atoms with Crippen molar-refractivity contribution in [2.75, 3.05) is 5.73 Å². The fourth-order valence-electron chi connectivity index (χ4n) is 1.75. The number of carbonyl (C=O) groups is 2. The van der Waals surface area contributed by atoms with E-state index in [4.69, 9.17) is 10.5 Å². The predicted octanol–water partition coefficient (Wildman–Crippen LogP) is 2.11. The van der Waals surface area contributed by atoms with Gasteiger partial charge in [-0.3, -0.25) is 4.79 Å². The molecular weight excluding hydrogens is 301 g/mol. The van der Waals surface area contributed by atoms with Gasteiger partial charge in [-0.05, 0) is 38.0 Å². The summed E-state index contributed by atoms with van der Waals surface area (Å²) < 4.78 is 42.5. The van der Waals surface area contributed by atoms with Gasteiger partial charge in [0.2, 0.25) is 0 Å². The summed E-state index contributed by atoms with van der Waals surface area (Å²) in [6, 6.07) is 2.45. The summed E-state index contributed by atoms with van der Waals surface area (Å²) in [5.41, 5.74) is 3.94. The quantitative estimate of drug-likeness (QED) is 0.658. The number of rotatable bonds is 4. The van der Waals surface area contributed by atoms with Crippen LogP contribution in [0.15, 0.2) is 18.2 Å². The Kier molecular flexibility index (Phi) is 4.30. The van der Waals surface area contributed by atoms with Gasteiger partial charge in [-0.2, -0.15) is 13.2 Å². The minimum Gasteiger partial charge on any atom is -0.449 e. The maximum Gasteiger partial charge on any atom is 0.416 e. The number of nitrogens with two attached hydrogens (primary N) is 1. The van der Waals surface area contributed by atoms with Gasteiger partial charge in [0.25, 0.3) is 5.91 Å². The molecule has 5 nitrogen and oxygen atoms in total. The van der Waals surface area contributed by atoms with Crippen LogP contribution in [0.4, 0.5) is 18.9 Å². The van der Waals surface area contributed by atoms with Crippen LogP contribution in [0.25, 0.3) is 0 Å². The monoisotopic (exact) mass is 316 g/mol. The second-order valence-corrected chi connectivity index (χ2v) is 5.13. The van der Waals surface area contributed by atoms with Crippen molar-refractivity contribution in [3.63, 3.8) is 0 Å². The standard InChI is InChI=1S/C14H15F3N2O3/c1-7(12(20)19-9-3-4-9)22-13(21)10-5-2-8(6-11(10)18)14(15,16)17/h2,5-7,9H,3-4,18H2,1H3,(H,19,20)/t7-/m0/s1. The van der Waals surface area contributed by atoms with E-state index in [9.17, 15) is 22.8 Å². The Labute approximate surface area is 124 Å². The van der Waals surface area contributed by atoms with E-state index in [1.807, 2.05) is 0 Å². The zero-order valence-corrected chi connectivity index (χ0v) is 11.7. The predicted molar refractivity (Wildman–Crippen MR) is 71.9 cm³/mol. The van der Waals surface area contributed by atoms with Gasteiger partial charge in [0.15, 0.2) is 6.10 Å². The number of amides is 1. The number of esters is 1. The van der Waals surface area contributed by atoms with Gasteiger partial charge in [-0.25, -0.2) is 4.79 Å². The molecule has 0 bridgehead atoms. The van der Waals surface area contributed by atoms with Crippen LogP contribution < -0.4 is 11.1 Å². The number of halogens is 3. The van der Waals surface area contributed by atoms with E-state index in [1.54, 1.807) is 0 Å². The van der Waals surface area contributed by atoms with Crippen LogP contribution in [0.1, 0.15) is 35.7 Å². The number of alkyl halides is 3. The van der Waals surface area contributed by atoms with E-state index in [1.165, 1.54) is 6.92 Å². The smallest absolute Gasteiger partial charge is 0.416 e. The lowest BCUT2D eigenvalue weighted by Crippen LogP contribution is -2.37. The molecule has 3 N–H and O–H groups in total. The zero-order valence-electron chi connectivity index (χ0n) is 11.7. The van der Waals surface area contributed by atoms with Crippen molar-refractivity contribution in [1.29, 1.82) is 0 Å². The Balaban J connectivity index is 2.04. The van der Waals surface area contributed by atoms with E-state index < -0.39 is 29.7 Å². The first kappa shape index (κ1) is 16.1. The minimum atomic E-state index is -4.55. The number of benzene rings is 1. The number of nitrogens with one attached hydrogen (secondary N) is 1. The molecule has 8 heteroatoms. The lowest BCUT2D eigenvalue weighted by Gasteiger charge is -2.15. The summed E-state index contributed by atoms with van der Waals surface area (Å²) in [5.74, 6) is -1.38. The largest absolute Gasteiger partial charge is 0.449 e. The summed E-state index contributed by atoms with van der Waals surface area (Å²) in [6.07, 6.45) is -3.82. The molecule has 0 aliphatic heterocycles. The topological polar surface area (TPSA) is 81.4 Å². The van der Waals surface area contributed by atoms with E-state index in [0.717, 1.165) is 25.0 Å². The Hall–Kier alpha value is -2.25. The summed E-state index contributed by atoms with van der Waals surface area (Å²) in [5, 5.41) is 2.66. The van der Waals surface area contributed by atoms with Crippen LogP contribution in [0.2, 0.25) is 0 Å². The van der Waals surface area contributed by atoms with E-state index in [0.29, 0.717) is 6.07 Å². The van der Waals surface area contributed by atoms with Crippen molar-refractivity contribution in [1.82, 2.24) is 5.32 Å². The molecule has 22 heavy (non-hydrogen) atoms. The maximum atomic E-state index is 12.5. The highest BCUT2D eigenvalue weighted by molar-refractivity contribution is 5.96. The molecule has 1 aliphatic carbocycles. The first-order valence-electron chi connectivity index (χ1n) is 6.66. The third kappa shape index (κ3) is 3.90. The summed E-state index contributed by atoms with van der Waals surface area (Å²) in [4.78, 5) is 23.5. The number of carbonyl (C=O) groups excluding carboxylic acids is 2. The highest BCUT2D eigenvalue weighted by Crippen LogP contribution is 2.31. The molecule has 0 saturated heterocycles. The van der Waals surface area contributed by atoms with Crippen LogP contribution in [0.5, 0.6) is 0 Å². The Morgan fingerprint density at radius 3 is 2.50 bits per heavy atom. The third-order valence-electron chi connectivity index (χ3n) is 3.18. The molecule has 1 aromatic carbocycles. The molecule has 0 aromatic heterocycles. The lowest BCUT2D eigenvalue weighted by molar-refractivity contribution is -0.137. The molecule has 1 amide bonds. The first-order chi connectivity index (χ1) is 10.2. The molecule has 1 saturated carbocycles. The van der Waals surface area contributed by atoms with Crippen molar-refractivity contribution in [3.05, 3.63) is 29.3 Å². The normalized spacial score (nSPS) is 16.0. The molecular formula is C14H15F3N2O3. The second-order valence-electron chi connectivity index (χ2n) is 5.13. The molecule has 0 radical (unpaired) electrons. The van der Waals surface area contributed by atoms with Crippen LogP contribution >= 0.6 is 0 Å². The van der Waals surface area contributed by atoms with Crippen molar-refractivity contribution in [3.8, 4) is 0 Å². The number of hydrogen-bond acceptors (Lipinski definition) is 4. The van der Waals surface area contributed by atoms with Crippen molar-refractivity contribution in [2.24, 2.45) is 0 Å². The first-order valence-corrected chi connectivity index (χ1v) is 6.66. The zero-order chi connectivity index (χ0) is 16.5. The van der Waals surface area contributed by atoms with Crippen LogP contribution in [0.3, 0.4) is 0 Å². The third-order valence-corrected chi connectivity index (χ3v) is 3.18. The van der Waals surface area contributed by atoms with Crippen LogP contribution in [-0.2, 0) is 15.7 Å². The maximum absolute atomic E-state index is 12.5. The van der Waals surface area contributed by atoms with Crippen LogP contribution in [0, 0.1) is 0 Å². The average molecular weight is 316 g/mol. The number of nitrogen functional groups attached to an aromatic ring is 1. The molecule has 1 aromatic rings. The Morgan fingerprint density at radius 1 is 1.36 bits per heavy atom. The van der Waals surface area contributed by atoms with Gasteiger partial charge in [0.05, 0.1) is 11.1 Å². The van der Waals surface area contributed by atoms with E-state index >= 15 is 0 Å². The van der Waals surface area contributed by atoms with Crippen molar-refractivity contribution < 1.29 is 27.5 Å². The Bertz CT molecular complexity index is 597. The van der Waals surface area contributed by atoms with Crippen LogP contribution in [-0.4, -0.2) is 24.0 Å². The summed E-state index contributed by atoms with van der Waals surface area (Å²) in [6.45, 7) is 1.38. The summed E-state index contributed by atoms with van der Waals surface area (Å²) >= 11 is 0. The number of anilines is 1. The van der Waals surface area contributed by atoms with E-state index in [2.05, 4.69) is 5.32 Å². The molecule has 1 atom stereocenters. The Morgan fingerprint density at radius 2 is 2.00 bits per heavy atom. The highest BCUT2D eigenvalue weighted by atomic mass is 19.4. The molecule has 0 unspecified atom stereocenters. The summed E-state index contributed by atoms with van der Waals surface area (Å²) in [7, 11) is 0. The van der Waals surface area contributed by atoms with Crippen molar-refractivity contribution >= 4 is 17.6 Å². The van der Waals surface area contributed by atoms with Gasteiger partial charge in [0, 0.05) is 11.7 Å². The molecule has 1 fully saturated rings. The average Bonchev–Trinajstić information content (AvgIpc) is 3.21. The molecule has 1 aliphatic rings. The SMILES string of the molecule is C[C@H](OC(=O)c1ccc(C(F)(F)F)cc1N)C(=O)NC1CC1. The molecule has 120 valence electrons. The highest BCUT2D eigenvalue weighted by Gasteiger charge is 2.32. The van der Waals surface area contributed by atoms with Gasteiger partial charge in [0.1, 0.15) is 0 Å². The molecule has 0 spiro atoms. The van der Waals surface area contributed by atoms with Gasteiger partial charge in [-0.15, -0.1) is 0 Å². The van der Waals surface area contributed by atoms with Gasteiger partial charge >= 0.3 is 12.1 Å². The van der Waals surface area contributed by atoms with Gasteiger partial charge < -0.3 is 15.8 Å².